The lowest BCUT2D eigenvalue weighted by Gasteiger charge is -2.32. The zero-order chi connectivity index (χ0) is 19.2. The number of amides is 2. The van der Waals surface area contributed by atoms with Crippen molar-refractivity contribution >= 4 is 34.6 Å². The second kappa shape index (κ2) is 9.26. The van der Waals surface area contributed by atoms with Crippen LogP contribution >= 0.6 is 11.8 Å². The summed E-state index contributed by atoms with van der Waals surface area (Å²) in [5.74, 6) is 1.75. The molecular formula is C20H28N4O2S. The third-order valence-corrected chi connectivity index (χ3v) is 5.76. The molecule has 2 aromatic rings. The SMILES string of the molecule is CCC(=O)N1CCC[C@@H](C(=O)N[C@@H](CCSC)c2nc3ccccc3[nH]2)C1. The standard InChI is InChI=1S/C20H28N4O2S/c1-3-18(25)24-11-6-7-14(13-24)20(26)23-17(10-12-27-2)19-21-15-8-4-5-9-16(15)22-19/h4-5,8-9,14,17H,3,6-7,10-13H2,1-2H3,(H,21,22)(H,23,26)/t14-,17+/m1/s1. The maximum atomic E-state index is 12.9. The molecule has 27 heavy (non-hydrogen) atoms. The lowest BCUT2D eigenvalue weighted by atomic mass is 9.96. The second-order valence-corrected chi connectivity index (χ2v) is 8.00. The summed E-state index contributed by atoms with van der Waals surface area (Å²) in [7, 11) is 0. The summed E-state index contributed by atoms with van der Waals surface area (Å²) in [5.41, 5.74) is 1.89. The van der Waals surface area contributed by atoms with Crippen LogP contribution in [0.1, 0.15) is 44.5 Å². The van der Waals surface area contributed by atoms with Crippen LogP contribution in [0.4, 0.5) is 0 Å². The first-order chi connectivity index (χ1) is 13.1. The molecule has 2 heterocycles. The predicted molar refractivity (Wildman–Crippen MR) is 110 cm³/mol. The van der Waals surface area contributed by atoms with Crippen molar-refractivity contribution < 1.29 is 9.59 Å². The Morgan fingerprint density at radius 1 is 1.41 bits per heavy atom. The normalized spacial score (nSPS) is 18.4. The van der Waals surface area contributed by atoms with Gasteiger partial charge in [0.2, 0.25) is 11.8 Å². The summed E-state index contributed by atoms with van der Waals surface area (Å²) in [6, 6.07) is 7.76. The van der Waals surface area contributed by atoms with Gasteiger partial charge in [-0.25, -0.2) is 4.98 Å². The van der Waals surface area contributed by atoms with E-state index in [0.29, 0.717) is 13.0 Å². The number of carbonyl (C=O) groups is 2. The number of nitrogens with one attached hydrogen (secondary N) is 2. The smallest absolute Gasteiger partial charge is 0.225 e. The third-order valence-electron chi connectivity index (χ3n) is 5.11. The summed E-state index contributed by atoms with van der Waals surface area (Å²) in [6.07, 6.45) is 5.08. The van der Waals surface area contributed by atoms with E-state index in [1.165, 1.54) is 0 Å². The number of thioether (sulfide) groups is 1. The number of hydrogen-bond donors (Lipinski definition) is 2. The highest BCUT2D eigenvalue weighted by molar-refractivity contribution is 7.98. The fraction of sp³-hybridized carbons (Fsp3) is 0.550. The maximum Gasteiger partial charge on any atom is 0.225 e. The van der Waals surface area contributed by atoms with Crippen molar-refractivity contribution in [3.05, 3.63) is 30.1 Å². The lowest BCUT2D eigenvalue weighted by Crippen LogP contribution is -2.46. The summed E-state index contributed by atoms with van der Waals surface area (Å²) in [4.78, 5) is 34.8. The van der Waals surface area contributed by atoms with E-state index in [1.807, 2.05) is 36.1 Å². The summed E-state index contributed by atoms with van der Waals surface area (Å²) in [5, 5.41) is 3.19. The molecule has 1 saturated heterocycles. The lowest BCUT2D eigenvalue weighted by molar-refractivity contribution is -0.135. The van der Waals surface area contributed by atoms with Gasteiger partial charge in [-0.3, -0.25) is 9.59 Å². The van der Waals surface area contributed by atoms with Gasteiger partial charge < -0.3 is 15.2 Å². The average Bonchev–Trinajstić information content (AvgIpc) is 3.14. The van der Waals surface area contributed by atoms with Gasteiger partial charge >= 0.3 is 0 Å². The average molecular weight is 389 g/mol. The van der Waals surface area contributed by atoms with Crippen LogP contribution in [-0.2, 0) is 9.59 Å². The van der Waals surface area contributed by atoms with Crippen molar-refractivity contribution in [3.8, 4) is 0 Å². The van der Waals surface area contributed by atoms with Gasteiger partial charge in [0.15, 0.2) is 0 Å². The Morgan fingerprint density at radius 3 is 2.96 bits per heavy atom. The number of rotatable bonds is 7. The van der Waals surface area contributed by atoms with Crippen molar-refractivity contribution in [2.75, 3.05) is 25.1 Å². The maximum absolute atomic E-state index is 12.9. The fourth-order valence-electron chi connectivity index (χ4n) is 3.58. The monoisotopic (exact) mass is 388 g/mol. The number of H-pyrrole nitrogens is 1. The molecule has 1 aliphatic rings. The van der Waals surface area contributed by atoms with Gasteiger partial charge in [-0.15, -0.1) is 0 Å². The number of fused-ring (bicyclic) bond motifs is 1. The Kier molecular flexibility index (Phi) is 6.77. The molecule has 2 amide bonds. The van der Waals surface area contributed by atoms with Gasteiger partial charge in [0.05, 0.1) is 23.0 Å². The van der Waals surface area contributed by atoms with Gasteiger partial charge in [0.25, 0.3) is 0 Å². The minimum absolute atomic E-state index is 0.0233. The van der Waals surface area contributed by atoms with E-state index in [-0.39, 0.29) is 23.8 Å². The molecule has 1 fully saturated rings. The first-order valence-corrected chi connectivity index (χ1v) is 11.0. The zero-order valence-corrected chi connectivity index (χ0v) is 16.8. The van der Waals surface area contributed by atoms with E-state index in [0.717, 1.165) is 48.4 Å². The highest BCUT2D eigenvalue weighted by atomic mass is 32.2. The molecule has 1 aromatic heterocycles. The van der Waals surface area contributed by atoms with Crippen LogP contribution in [0.25, 0.3) is 11.0 Å². The van der Waals surface area contributed by atoms with Gasteiger partial charge in [0.1, 0.15) is 5.82 Å². The molecule has 3 rings (SSSR count). The Bertz CT molecular complexity index is 758. The number of piperidine rings is 1. The van der Waals surface area contributed by atoms with Crippen LogP contribution in [0, 0.1) is 5.92 Å². The molecule has 1 aliphatic heterocycles. The Morgan fingerprint density at radius 2 is 2.22 bits per heavy atom. The van der Waals surface area contributed by atoms with Crippen LogP contribution in [0.3, 0.4) is 0 Å². The minimum atomic E-state index is -0.144. The van der Waals surface area contributed by atoms with Crippen LogP contribution in [0.15, 0.2) is 24.3 Å². The number of imidazole rings is 1. The van der Waals surface area contributed by atoms with E-state index >= 15 is 0 Å². The van der Waals surface area contributed by atoms with E-state index in [2.05, 4.69) is 21.5 Å². The van der Waals surface area contributed by atoms with Gasteiger partial charge in [-0.2, -0.15) is 11.8 Å². The van der Waals surface area contributed by atoms with E-state index < -0.39 is 0 Å². The van der Waals surface area contributed by atoms with Gasteiger partial charge in [-0.1, -0.05) is 19.1 Å². The number of hydrogen-bond acceptors (Lipinski definition) is 4. The zero-order valence-electron chi connectivity index (χ0n) is 16.0. The molecule has 0 saturated carbocycles. The number of likely N-dealkylation sites (tertiary alicyclic amines) is 1. The fourth-order valence-corrected chi connectivity index (χ4v) is 4.05. The molecule has 0 spiro atoms. The van der Waals surface area contributed by atoms with Crippen LogP contribution in [-0.4, -0.2) is 51.8 Å². The van der Waals surface area contributed by atoms with Crippen LogP contribution in [0.5, 0.6) is 0 Å². The Labute approximate surface area is 164 Å². The summed E-state index contributed by atoms with van der Waals surface area (Å²) in [6.45, 7) is 3.15. The highest BCUT2D eigenvalue weighted by Crippen LogP contribution is 2.23. The topological polar surface area (TPSA) is 78.1 Å². The predicted octanol–water partition coefficient (Wildman–Crippen LogP) is 3.12. The number of aromatic amines is 1. The minimum Gasteiger partial charge on any atom is -0.346 e. The second-order valence-electron chi connectivity index (χ2n) is 7.01. The van der Waals surface area contributed by atoms with Crippen molar-refractivity contribution in [1.82, 2.24) is 20.2 Å². The molecule has 146 valence electrons. The van der Waals surface area contributed by atoms with Crippen LogP contribution in [0.2, 0.25) is 0 Å². The van der Waals surface area contributed by atoms with E-state index in [4.69, 9.17) is 0 Å². The first-order valence-electron chi connectivity index (χ1n) is 9.64. The Balaban J connectivity index is 1.71. The Hall–Kier alpha value is -2.02. The molecular weight excluding hydrogens is 360 g/mol. The molecule has 0 aliphatic carbocycles. The summed E-state index contributed by atoms with van der Waals surface area (Å²) >= 11 is 1.76. The quantitative estimate of drug-likeness (QED) is 0.764. The first kappa shape index (κ1) is 19.7. The number of carbonyl (C=O) groups excluding carboxylic acids is 2. The van der Waals surface area contributed by atoms with Crippen molar-refractivity contribution in [2.24, 2.45) is 5.92 Å². The molecule has 1 aromatic carbocycles. The number of para-hydroxylation sites is 2. The van der Waals surface area contributed by atoms with Gasteiger partial charge in [0, 0.05) is 19.5 Å². The van der Waals surface area contributed by atoms with E-state index in [9.17, 15) is 9.59 Å². The van der Waals surface area contributed by atoms with E-state index in [1.54, 1.807) is 11.8 Å². The summed E-state index contributed by atoms with van der Waals surface area (Å²) < 4.78 is 0. The number of benzene rings is 1. The van der Waals surface area contributed by atoms with Crippen LogP contribution < -0.4 is 5.32 Å². The highest BCUT2D eigenvalue weighted by Gasteiger charge is 2.29. The molecule has 0 radical (unpaired) electrons. The van der Waals surface area contributed by atoms with Crippen molar-refractivity contribution in [3.63, 3.8) is 0 Å². The third kappa shape index (κ3) is 4.83. The van der Waals surface area contributed by atoms with Gasteiger partial charge in [-0.05, 0) is 43.4 Å². The molecule has 0 unspecified atom stereocenters. The largest absolute Gasteiger partial charge is 0.346 e. The molecule has 2 N–H and O–H groups in total. The molecule has 6 nitrogen and oxygen atoms in total. The number of aromatic nitrogens is 2. The molecule has 2 atom stereocenters. The molecule has 7 heteroatoms. The molecule has 0 bridgehead atoms. The van der Waals surface area contributed by atoms with Crippen molar-refractivity contribution in [1.29, 1.82) is 0 Å². The van der Waals surface area contributed by atoms with Crippen molar-refractivity contribution in [2.45, 2.75) is 38.6 Å². The number of nitrogens with zero attached hydrogens (tertiary/aromatic N) is 2.